The standard InChI is InChI=1S/C18H17N3O2S/c1-2-23-18(22)15-12-7-5-9-14(12)24-17(15)21-16-11-6-3-4-8-13(11)19-10-20-16/h3-4,6,8,10H,2,5,7,9H2,1H3,(H,19,20,21). The predicted octanol–water partition coefficient (Wildman–Crippen LogP) is 4.10. The third-order valence-corrected chi connectivity index (χ3v) is 5.38. The molecule has 1 aliphatic rings. The van der Waals surface area contributed by atoms with Crippen molar-refractivity contribution in [3.63, 3.8) is 0 Å². The molecule has 2 aromatic heterocycles. The van der Waals surface area contributed by atoms with E-state index in [-0.39, 0.29) is 5.97 Å². The Morgan fingerprint density at radius 2 is 2.17 bits per heavy atom. The van der Waals surface area contributed by atoms with Crippen molar-refractivity contribution in [1.29, 1.82) is 0 Å². The molecule has 1 N–H and O–H groups in total. The van der Waals surface area contributed by atoms with Gasteiger partial charge in [-0.1, -0.05) is 12.1 Å². The van der Waals surface area contributed by atoms with Crippen molar-refractivity contribution in [2.45, 2.75) is 26.2 Å². The molecule has 0 saturated carbocycles. The highest BCUT2D eigenvalue weighted by molar-refractivity contribution is 7.16. The molecule has 24 heavy (non-hydrogen) atoms. The Kier molecular flexibility index (Phi) is 3.90. The Labute approximate surface area is 143 Å². The van der Waals surface area contributed by atoms with E-state index in [9.17, 15) is 4.79 Å². The van der Waals surface area contributed by atoms with Gasteiger partial charge in [0.1, 0.15) is 17.1 Å². The summed E-state index contributed by atoms with van der Waals surface area (Å²) in [5.41, 5.74) is 2.69. The molecule has 122 valence electrons. The Hall–Kier alpha value is -2.47. The first kappa shape index (κ1) is 15.1. The van der Waals surface area contributed by atoms with E-state index in [2.05, 4.69) is 15.3 Å². The Balaban J connectivity index is 1.78. The van der Waals surface area contributed by atoms with Crippen LogP contribution in [0.4, 0.5) is 10.8 Å². The predicted molar refractivity (Wildman–Crippen MR) is 95.1 cm³/mol. The summed E-state index contributed by atoms with van der Waals surface area (Å²) in [7, 11) is 0. The number of rotatable bonds is 4. The van der Waals surface area contributed by atoms with Crippen LogP contribution in [0.5, 0.6) is 0 Å². The molecule has 0 amide bonds. The number of aromatic nitrogens is 2. The molecule has 1 aliphatic carbocycles. The maximum Gasteiger partial charge on any atom is 0.341 e. The van der Waals surface area contributed by atoms with Gasteiger partial charge in [0.2, 0.25) is 0 Å². The monoisotopic (exact) mass is 339 g/mol. The SMILES string of the molecule is CCOC(=O)c1c(Nc2ncnc3ccccc23)sc2c1CCC2. The van der Waals surface area contributed by atoms with Gasteiger partial charge in [0.15, 0.2) is 0 Å². The maximum atomic E-state index is 12.5. The molecule has 0 radical (unpaired) electrons. The molecule has 0 atom stereocenters. The molecule has 1 aromatic carbocycles. The molecule has 2 heterocycles. The third kappa shape index (κ3) is 2.53. The van der Waals surface area contributed by atoms with E-state index >= 15 is 0 Å². The van der Waals surface area contributed by atoms with Crippen LogP contribution in [-0.2, 0) is 17.6 Å². The number of carbonyl (C=O) groups excluding carboxylic acids is 1. The summed E-state index contributed by atoms with van der Waals surface area (Å²) in [5, 5.41) is 5.11. The van der Waals surface area contributed by atoms with Crippen LogP contribution in [0.2, 0.25) is 0 Å². The number of para-hydroxylation sites is 1. The van der Waals surface area contributed by atoms with Crippen LogP contribution < -0.4 is 5.32 Å². The Morgan fingerprint density at radius 3 is 3.04 bits per heavy atom. The number of nitrogens with one attached hydrogen (secondary N) is 1. The molecule has 3 aromatic rings. The van der Waals surface area contributed by atoms with Crippen LogP contribution in [0.25, 0.3) is 10.9 Å². The van der Waals surface area contributed by atoms with Crippen molar-refractivity contribution < 1.29 is 9.53 Å². The van der Waals surface area contributed by atoms with E-state index < -0.39 is 0 Å². The second kappa shape index (κ2) is 6.20. The van der Waals surface area contributed by atoms with Gasteiger partial charge in [0, 0.05) is 10.3 Å². The van der Waals surface area contributed by atoms with Crippen LogP contribution in [-0.4, -0.2) is 22.5 Å². The second-order valence-electron chi connectivity index (χ2n) is 5.65. The molecular formula is C18H17N3O2S. The van der Waals surface area contributed by atoms with Crippen molar-refractivity contribution in [1.82, 2.24) is 9.97 Å². The molecule has 0 spiro atoms. The van der Waals surface area contributed by atoms with Crippen molar-refractivity contribution in [2.75, 3.05) is 11.9 Å². The van der Waals surface area contributed by atoms with Crippen molar-refractivity contribution >= 4 is 39.0 Å². The summed E-state index contributed by atoms with van der Waals surface area (Å²) in [5.74, 6) is 0.462. The fourth-order valence-electron chi connectivity index (χ4n) is 3.12. The van der Waals surface area contributed by atoms with E-state index in [0.717, 1.165) is 40.7 Å². The van der Waals surface area contributed by atoms with Crippen LogP contribution in [0, 0.1) is 0 Å². The molecule has 0 saturated heterocycles. The van der Waals surface area contributed by atoms with E-state index in [1.807, 2.05) is 31.2 Å². The van der Waals surface area contributed by atoms with Crippen molar-refractivity contribution in [3.8, 4) is 0 Å². The normalized spacial score (nSPS) is 13.0. The average Bonchev–Trinajstić information content (AvgIpc) is 3.16. The van der Waals surface area contributed by atoms with Gasteiger partial charge in [0.05, 0.1) is 17.7 Å². The number of hydrogen-bond donors (Lipinski definition) is 1. The molecule has 4 rings (SSSR count). The molecule has 6 heteroatoms. The fraction of sp³-hybridized carbons (Fsp3) is 0.278. The number of aryl methyl sites for hydroxylation is 1. The Morgan fingerprint density at radius 1 is 1.29 bits per heavy atom. The summed E-state index contributed by atoms with van der Waals surface area (Å²) in [6.07, 6.45) is 4.60. The Bertz CT molecular complexity index is 915. The minimum atomic E-state index is -0.252. The zero-order valence-electron chi connectivity index (χ0n) is 13.3. The summed E-state index contributed by atoms with van der Waals surface area (Å²) < 4.78 is 5.27. The van der Waals surface area contributed by atoms with Crippen LogP contribution in [0.3, 0.4) is 0 Å². The molecule has 0 aliphatic heterocycles. The number of esters is 1. The minimum Gasteiger partial charge on any atom is -0.462 e. The molecule has 0 unspecified atom stereocenters. The van der Waals surface area contributed by atoms with Crippen LogP contribution in [0.1, 0.15) is 34.1 Å². The first-order chi connectivity index (χ1) is 11.8. The van der Waals surface area contributed by atoms with Gasteiger partial charge in [0.25, 0.3) is 0 Å². The number of thiophene rings is 1. The third-order valence-electron chi connectivity index (χ3n) is 4.18. The highest BCUT2D eigenvalue weighted by Gasteiger charge is 2.27. The number of nitrogens with zero attached hydrogens (tertiary/aromatic N) is 2. The summed E-state index contributed by atoms with van der Waals surface area (Å²) >= 11 is 1.63. The highest BCUT2D eigenvalue weighted by atomic mass is 32.1. The van der Waals surface area contributed by atoms with Crippen molar-refractivity contribution in [3.05, 3.63) is 46.6 Å². The molecule has 0 bridgehead atoms. The van der Waals surface area contributed by atoms with Gasteiger partial charge < -0.3 is 10.1 Å². The van der Waals surface area contributed by atoms with Gasteiger partial charge >= 0.3 is 5.97 Å². The molecule has 5 nitrogen and oxygen atoms in total. The topological polar surface area (TPSA) is 64.1 Å². The molecule has 0 fully saturated rings. The van der Waals surface area contributed by atoms with E-state index in [4.69, 9.17) is 4.74 Å². The highest BCUT2D eigenvalue weighted by Crippen LogP contribution is 2.41. The lowest BCUT2D eigenvalue weighted by Crippen LogP contribution is -2.08. The first-order valence-electron chi connectivity index (χ1n) is 8.06. The smallest absolute Gasteiger partial charge is 0.341 e. The van der Waals surface area contributed by atoms with Gasteiger partial charge in [-0.05, 0) is 43.9 Å². The summed E-state index contributed by atoms with van der Waals surface area (Å²) in [4.78, 5) is 22.4. The number of fused-ring (bicyclic) bond motifs is 2. The average molecular weight is 339 g/mol. The first-order valence-corrected chi connectivity index (χ1v) is 8.88. The van der Waals surface area contributed by atoms with E-state index in [1.54, 1.807) is 11.3 Å². The summed E-state index contributed by atoms with van der Waals surface area (Å²) in [6.45, 7) is 2.20. The van der Waals surface area contributed by atoms with Crippen LogP contribution in [0.15, 0.2) is 30.6 Å². The van der Waals surface area contributed by atoms with Crippen LogP contribution >= 0.6 is 11.3 Å². The number of hydrogen-bond acceptors (Lipinski definition) is 6. The van der Waals surface area contributed by atoms with Gasteiger partial charge in [-0.2, -0.15) is 0 Å². The minimum absolute atomic E-state index is 0.252. The maximum absolute atomic E-state index is 12.5. The largest absolute Gasteiger partial charge is 0.462 e. The number of ether oxygens (including phenoxy) is 1. The van der Waals surface area contributed by atoms with Gasteiger partial charge in [-0.15, -0.1) is 11.3 Å². The zero-order chi connectivity index (χ0) is 16.5. The molecular weight excluding hydrogens is 322 g/mol. The fourth-order valence-corrected chi connectivity index (χ4v) is 4.40. The second-order valence-corrected chi connectivity index (χ2v) is 6.75. The van der Waals surface area contributed by atoms with Crippen molar-refractivity contribution in [2.24, 2.45) is 0 Å². The number of benzene rings is 1. The number of anilines is 2. The van der Waals surface area contributed by atoms with Gasteiger partial charge in [-0.3, -0.25) is 0 Å². The van der Waals surface area contributed by atoms with E-state index in [0.29, 0.717) is 18.0 Å². The lowest BCUT2D eigenvalue weighted by molar-refractivity contribution is 0.0527. The quantitative estimate of drug-likeness (QED) is 0.725. The lowest BCUT2D eigenvalue weighted by atomic mass is 10.1. The number of carbonyl (C=O) groups is 1. The van der Waals surface area contributed by atoms with Gasteiger partial charge in [-0.25, -0.2) is 14.8 Å². The zero-order valence-corrected chi connectivity index (χ0v) is 14.2. The van der Waals surface area contributed by atoms with E-state index in [1.165, 1.54) is 11.2 Å². The summed E-state index contributed by atoms with van der Waals surface area (Å²) in [6, 6.07) is 7.83. The lowest BCUT2D eigenvalue weighted by Gasteiger charge is -2.09.